The van der Waals surface area contributed by atoms with Gasteiger partial charge in [-0.2, -0.15) is 5.26 Å². The molecule has 0 aromatic carbocycles. The lowest BCUT2D eigenvalue weighted by Gasteiger charge is -1.94. The van der Waals surface area contributed by atoms with Crippen molar-refractivity contribution < 1.29 is 0 Å². The molecule has 2 heterocycles. The van der Waals surface area contributed by atoms with E-state index in [4.69, 9.17) is 5.26 Å². The van der Waals surface area contributed by atoms with E-state index in [1.54, 1.807) is 22.3 Å². The van der Waals surface area contributed by atoms with E-state index < -0.39 is 0 Å². The highest BCUT2D eigenvalue weighted by molar-refractivity contribution is 9.11. The molecule has 4 nitrogen and oxygen atoms in total. The lowest BCUT2D eigenvalue weighted by atomic mass is 10.5. The third kappa shape index (κ3) is 2.00. The van der Waals surface area contributed by atoms with E-state index in [2.05, 4.69) is 26.0 Å². The summed E-state index contributed by atoms with van der Waals surface area (Å²) in [5.74, 6) is 0.209. The number of rotatable bonds is 2. The molecular weight excluding hydrogens is 264 g/mol. The third-order valence-electron chi connectivity index (χ3n) is 1.58. The molecule has 0 aliphatic heterocycles. The number of hydrogen-bond acceptors (Lipinski definition) is 4. The molecule has 70 valence electrons. The molecule has 0 radical (unpaired) electrons. The summed E-state index contributed by atoms with van der Waals surface area (Å²) >= 11 is 5.03. The second kappa shape index (κ2) is 3.90. The van der Waals surface area contributed by atoms with Crippen molar-refractivity contribution in [1.82, 2.24) is 14.8 Å². The fraction of sp³-hybridized carbons (Fsp3) is 0.125. The second-order valence-electron chi connectivity index (χ2n) is 2.58. The third-order valence-corrected chi connectivity index (χ3v) is 3.19. The Morgan fingerprint density at radius 2 is 2.43 bits per heavy atom. The van der Waals surface area contributed by atoms with Crippen LogP contribution in [-0.4, -0.2) is 14.8 Å². The van der Waals surface area contributed by atoms with E-state index in [-0.39, 0.29) is 5.82 Å². The van der Waals surface area contributed by atoms with Crippen molar-refractivity contribution in [3.63, 3.8) is 0 Å². The average Bonchev–Trinajstić information content (AvgIpc) is 2.76. The van der Waals surface area contributed by atoms with E-state index in [1.807, 2.05) is 18.2 Å². The van der Waals surface area contributed by atoms with Crippen molar-refractivity contribution in [2.24, 2.45) is 0 Å². The molecule has 2 aromatic rings. The number of aromatic nitrogens is 3. The van der Waals surface area contributed by atoms with Gasteiger partial charge in [0, 0.05) is 4.88 Å². The summed E-state index contributed by atoms with van der Waals surface area (Å²) in [5, 5.41) is 12.5. The molecule has 14 heavy (non-hydrogen) atoms. The van der Waals surface area contributed by atoms with Gasteiger partial charge < -0.3 is 0 Å². The largest absolute Gasteiger partial charge is 0.252 e. The van der Waals surface area contributed by atoms with Crippen LogP contribution in [0.3, 0.4) is 0 Å². The first kappa shape index (κ1) is 9.37. The molecule has 6 heteroatoms. The van der Waals surface area contributed by atoms with Gasteiger partial charge in [0.05, 0.1) is 10.3 Å². The van der Waals surface area contributed by atoms with Gasteiger partial charge in [0.25, 0.3) is 5.82 Å². The summed E-state index contributed by atoms with van der Waals surface area (Å²) in [7, 11) is 0. The molecule has 2 rings (SSSR count). The Kier molecular flexibility index (Phi) is 2.61. The average molecular weight is 269 g/mol. The summed E-state index contributed by atoms with van der Waals surface area (Å²) in [6.07, 6.45) is 1.56. The molecule has 0 fully saturated rings. The van der Waals surface area contributed by atoms with E-state index in [0.29, 0.717) is 6.54 Å². The van der Waals surface area contributed by atoms with Crippen LogP contribution in [0.1, 0.15) is 10.7 Å². The molecule has 0 atom stereocenters. The smallest absolute Gasteiger partial charge is 0.246 e. The van der Waals surface area contributed by atoms with E-state index in [1.165, 1.54) is 4.88 Å². The van der Waals surface area contributed by atoms with Gasteiger partial charge >= 0.3 is 0 Å². The number of hydrogen-bond donors (Lipinski definition) is 0. The highest BCUT2D eigenvalue weighted by atomic mass is 79.9. The predicted octanol–water partition coefficient (Wildman–Crippen LogP) is 2.02. The fourth-order valence-corrected chi connectivity index (χ4v) is 2.49. The minimum Gasteiger partial charge on any atom is -0.246 e. The zero-order chi connectivity index (χ0) is 9.97. The Labute approximate surface area is 92.9 Å². The van der Waals surface area contributed by atoms with Crippen LogP contribution in [0.4, 0.5) is 0 Å². The van der Waals surface area contributed by atoms with Gasteiger partial charge in [-0.05, 0) is 28.1 Å². The Balaban J connectivity index is 2.15. The zero-order valence-corrected chi connectivity index (χ0v) is 9.42. The van der Waals surface area contributed by atoms with Crippen molar-refractivity contribution in [2.75, 3.05) is 0 Å². The summed E-state index contributed by atoms with van der Waals surface area (Å²) < 4.78 is 2.74. The van der Waals surface area contributed by atoms with Crippen molar-refractivity contribution >= 4 is 27.3 Å². The van der Waals surface area contributed by atoms with Gasteiger partial charge in [0.2, 0.25) is 0 Å². The normalized spacial score (nSPS) is 10.0. The molecule has 0 aliphatic carbocycles. The maximum atomic E-state index is 8.53. The standard InChI is InChI=1S/C8H5BrN4S/c9-7-2-1-6(14-7)4-13-5-11-8(3-10)12-13/h1-2,5H,4H2. The van der Waals surface area contributed by atoms with Crippen LogP contribution in [0, 0.1) is 11.3 Å². The summed E-state index contributed by atoms with van der Waals surface area (Å²) in [6.45, 7) is 0.658. The topological polar surface area (TPSA) is 54.5 Å². The Morgan fingerprint density at radius 1 is 1.57 bits per heavy atom. The molecule has 0 amide bonds. The predicted molar refractivity (Wildman–Crippen MR) is 55.9 cm³/mol. The van der Waals surface area contributed by atoms with Gasteiger partial charge in [-0.3, -0.25) is 0 Å². The molecule has 0 spiro atoms. The first-order valence-corrected chi connectivity index (χ1v) is 5.42. The molecule has 0 saturated carbocycles. The minimum atomic E-state index is 0.209. The van der Waals surface area contributed by atoms with Crippen LogP contribution in [0.2, 0.25) is 0 Å². The van der Waals surface area contributed by atoms with Crippen molar-refractivity contribution in [2.45, 2.75) is 6.54 Å². The molecular formula is C8H5BrN4S. The first-order valence-electron chi connectivity index (χ1n) is 3.81. The summed E-state index contributed by atoms with van der Waals surface area (Å²) in [5.41, 5.74) is 0. The highest BCUT2D eigenvalue weighted by Gasteiger charge is 2.02. The van der Waals surface area contributed by atoms with Gasteiger partial charge in [0.15, 0.2) is 0 Å². The lowest BCUT2D eigenvalue weighted by molar-refractivity contribution is 0.690. The fourth-order valence-electron chi connectivity index (χ4n) is 1.02. The van der Waals surface area contributed by atoms with Crippen LogP contribution in [-0.2, 0) is 6.54 Å². The van der Waals surface area contributed by atoms with Gasteiger partial charge in [0.1, 0.15) is 12.4 Å². The Bertz CT molecular complexity index is 481. The van der Waals surface area contributed by atoms with Crippen molar-refractivity contribution in [3.8, 4) is 6.07 Å². The van der Waals surface area contributed by atoms with E-state index in [0.717, 1.165) is 3.79 Å². The minimum absolute atomic E-state index is 0.209. The quantitative estimate of drug-likeness (QED) is 0.838. The molecule has 0 saturated heterocycles. The van der Waals surface area contributed by atoms with E-state index >= 15 is 0 Å². The molecule has 2 aromatic heterocycles. The van der Waals surface area contributed by atoms with Crippen LogP contribution in [0.5, 0.6) is 0 Å². The van der Waals surface area contributed by atoms with Crippen LogP contribution < -0.4 is 0 Å². The summed E-state index contributed by atoms with van der Waals surface area (Å²) in [4.78, 5) is 4.99. The monoisotopic (exact) mass is 268 g/mol. The van der Waals surface area contributed by atoms with Gasteiger partial charge in [-0.1, -0.05) is 0 Å². The summed E-state index contributed by atoms with van der Waals surface area (Å²) in [6, 6.07) is 5.89. The second-order valence-corrected chi connectivity index (χ2v) is 5.13. The van der Waals surface area contributed by atoms with Crippen molar-refractivity contribution in [3.05, 3.63) is 32.9 Å². The maximum absolute atomic E-state index is 8.53. The molecule has 0 unspecified atom stereocenters. The number of nitriles is 1. The van der Waals surface area contributed by atoms with Crippen LogP contribution in [0.15, 0.2) is 22.2 Å². The molecule has 0 aliphatic rings. The van der Waals surface area contributed by atoms with Gasteiger partial charge in [-0.15, -0.1) is 16.4 Å². The number of nitrogens with zero attached hydrogens (tertiary/aromatic N) is 4. The number of thiophene rings is 1. The van der Waals surface area contributed by atoms with E-state index in [9.17, 15) is 0 Å². The van der Waals surface area contributed by atoms with Crippen molar-refractivity contribution in [1.29, 1.82) is 5.26 Å². The maximum Gasteiger partial charge on any atom is 0.252 e. The SMILES string of the molecule is N#Cc1ncn(Cc2ccc(Br)s2)n1. The van der Waals surface area contributed by atoms with Gasteiger partial charge in [-0.25, -0.2) is 9.67 Å². The van der Waals surface area contributed by atoms with Crippen LogP contribution in [0.25, 0.3) is 0 Å². The Morgan fingerprint density at radius 3 is 3.00 bits per heavy atom. The zero-order valence-electron chi connectivity index (χ0n) is 7.01. The first-order chi connectivity index (χ1) is 6.78. The van der Waals surface area contributed by atoms with Crippen LogP contribution >= 0.6 is 27.3 Å². The lowest BCUT2D eigenvalue weighted by Crippen LogP contribution is -1.98. The molecule has 0 bridgehead atoms. The number of halogens is 1. The Hall–Kier alpha value is -1.19. The highest BCUT2D eigenvalue weighted by Crippen LogP contribution is 2.22. The molecule has 0 N–H and O–H groups in total.